The number of aliphatic hydroxyl groups excluding tert-OH is 1. The number of hydrogen-bond donors (Lipinski definition) is 2. The largest absolute Gasteiger partial charge is 0.467 e. The molecule has 2 N–H and O–H groups in total. The Morgan fingerprint density at radius 1 is 1.37 bits per heavy atom. The minimum atomic E-state index is -1.10. The number of aryl methyl sites for hydroxylation is 1. The minimum absolute atomic E-state index is 0.428. The summed E-state index contributed by atoms with van der Waals surface area (Å²) in [5, 5.41) is 17.8. The van der Waals surface area contributed by atoms with Crippen LogP contribution in [0.3, 0.4) is 0 Å². The summed E-state index contributed by atoms with van der Waals surface area (Å²) < 4.78 is 6.40. The number of rotatable bonds is 6. The Bertz CT molecular complexity index is 981. The zero-order chi connectivity index (χ0) is 19.6. The lowest BCUT2D eigenvalue weighted by molar-refractivity contribution is -0.143. The standard InChI is InChI=1S/C18H18ClN3O4S/c1-10-13-7-15(16(24)20-14(9-23)18(25)26-2)27-17(13)22(21-10)8-11-3-5-12(19)6-4-11/h3-7,14,23H,8-9H2,1-2H3,(H,20,24)/t14-/m1/s1. The molecule has 0 saturated heterocycles. The summed E-state index contributed by atoms with van der Waals surface area (Å²) in [6, 6.07) is 8.13. The number of nitrogens with one attached hydrogen (secondary N) is 1. The molecule has 3 rings (SSSR count). The van der Waals surface area contributed by atoms with Crippen LogP contribution in [0, 0.1) is 6.92 Å². The van der Waals surface area contributed by atoms with Crippen LogP contribution < -0.4 is 5.32 Å². The van der Waals surface area contributed by atoms with E-state index in [1.807, 2.05) is 35.9 Å². The number of methoxy groups -OCH3 is 1. The molecule has 9 heteroatoms. The number of esters is 1. The van der Waals surface area contributed by atoms with E-state index >= 15 is 0 Å². The van der Waals surface area contributed by atoms with E-state index in [2.05, 4.69) is 15.2 Å². The number of fused-ring (bicyclic) bond motifs is 1. The van der Waals surface area contributed by atoms with Gasteiger partial charge >= 0.3 is 5.97 Å². The Morgan fingerprint density at radius 3 is 2.70 bits per heavy atom. The smallest absolute Gasteiger partial charge is 0.330 e. The average molecular weight is 408 g/mol. The van der Waals surface area contributed by atoms with Gasteiger partial charge in [-0.15, -0.1) is 11.3 Å². The van der Waals surface area contributed by atoms with Gasteiger partial charge in [0.15, 0.2) is 6.04 Å². The number of amides is 1. The van der Waals surface area contributed by atoms with Crippen molar-refractivity contribution in [3.05, 3.63) is 51.5 Å². The Hall–Kier alpha value is -2.42. The lowest BCUT2D eigenvalue weighted by Crippen LogP contribution is -2.43. The first-order chi connectivity index (χ1) is 12.9. The zero-order valence-corrected chi connectivity index (χ0v) is 16.3. The van der Waals surface area contributed by atoms with Crippen molar-refractivity contribution in [1.82, 2.24) is 15.1 Å². The summed E-state index contributed by atoms with van der Waals surface area (Å²) in [4.78, 5) is 25.3. The summed E-state index contributed by atoms with van der Waals surface area (Å²) in [6.07, 6.45) is 0. The minimum Gasteiger partial charge on any atom is -0.467 e. The van der Waals surface area contributed by atoms with Gasteiger partial charge in [-0.3, -0.25) is 9.48 Å². The molecule has 3 aromatic rings. The average Bonchev–Trinajstić information content (AvgIpc) is 3.22. The van der Waals surface area contributed by atoms with Crippen LogP contribution in [0.25, 0.3) is 10.2 Å². The first kappa shape index (κ1) is 19.3. The number of carbonyl (C=O) groups excluding carboxylic acids is 2. The van der Waals surface area contributed by atoms with Gasteiger partial charge in [-0.1, -0.05) is 23.7 Å². The van der Waals surface area contributed by atoms with Crippen LogP contribution in [0.2, 0.25) is 5.02 Å². The molecule has 1 aromatic carbocycles. The number of ether oxygens (including phenoxy) is 1. The van der Waals surface area contributed by atoms with Crippen LogP contribution in [0.5, 0.6) is 0 Å². The number of nitrogens with zero attached hydrogens (tertiary/aromatic N) is 2. The Labute approximate surface area is 164 Å². The quantitative estimate of drug-likeness (QED) is 0.612. The van der Waals surface area contributed by atoms with Crippen molar-refractivity contribution in [3.63, 3.8) is 0 Å². The van der Waals surface area contributed by atoms with Crippen molar-refractivity contribution < 1.29 is 19.4 Å². The van der Waals surface area contributed by atoms with Gasteiger partial charge in [0.25, 0.3) is 5.91 Å². The first-order valence-electron chi connectivity index (χ1n) is 8.14. The molecule has 1 atom stereocenters. The van der Waals surface area contributed by atoms with Gasteiger partial charge in [-0.2, -0.15) is 5.10 Å². The van der Waals surface area contributed by atoms with Crippen LogP contribution in [0.4, 0.5) is 0 Å². The van der Waals surface area contributed by atoms with E-state index in [0.717, 1.165) is 21.5 Å². The molecule has 0 unspecified atom stereocenters. The molecule has 2 heterocycles. The first-order valence-corrected chi connectivity index (χ1v) is 9.33. The van der Waals surface area contributed by atoms with Crippen molar-refractivity contribution in [2.24, 2.45) is 0 Å². The predicted molar refractivity (Wildman–Crippen MR) is 103 cm³/mol. The van der Waals surface area contributed by atoms with E-state index in [-0.39, 0.29) is 0 Å². The molecule has 142 valence electrons. The Balaban J connectivity index is 1.85. The van der Waals surface area contributed by atoms with Gasteiger partial charge in [0.2, 0.25) is 0 Å². The van der Waals surface area contributed by atoms with Gasteiger partial charge < -0.3 is 15.2 Å². The number of carbonyl (C=O) groups is 2. The zero-order valence-electron chi connectivity index (χ0n) is 14.7. The summed E-state index contributed by atoms with van der Waals surface area (Å²) in [6.45, 7) is 1.89. The number of hydrogen-bond acceptors (Lipinski definition) is 6. The number of benzene rings is 1. The van der Waals surface area contributed by atoms with Crippen molar-refractivity contribution in [1.29, 1.82) is 0 Å². The fraction of sp³-hybridized carbons (Fsp3) is 0.278. The van der Waals surface area contributed by atoms with Gasteiger partial charge in [0.1, 0.15) is 4.83 Å². The normalized spacial score (nSPS) is 12.1. The highest BCUT2D eigenvalue weighted by Gasteiger charge is 2.23. The van der Waals surface area contributed by atoms with Gasteiger partial charge in [-0.25, -0.2) is 4.79 Å². The third-order valence-electron chi connectivity index (χ3n) is 4.05. The maximum atomic E-state index is 12.5. The number of aromatic nitrogens is 2. The summed E-state index contributed by atoms with van der Waals surface area (Å²) in [5.74, 6) is -1.14. The Morgan fingerprint density at radius 2 is 2.07 bits per heavy atom. The Kier molecular flexibility index (Phi) is 5.79. The predicted octanol–water partition coefficient (Wildman–Crippen LogP) is 2.37. The molecule has 0 bridgehead atoms. The second-order valence-electron chi connectivity index (χ2n) is 5.93. The lowest BCUT2D eigenvalue weighted by Gasteiger charge is -2.12. The van der Waals surface area contributed by atoms with Crippen molar-refractivity contribution in [2.45, 2.75) is 19.5 Å². The second kappa shape index (κ2) is 8.08. The van der Waals surface area contributed by atoms with Gasteiger partial charge in [0.05, 0.1) is 30.8 Å². The molecule has 0 fully saturated rings. The molecule has 0 aliphatic heterocycles. The molecule has 0 aliphatic carbocycles. The lowest BCUT2D eigenvalue weighted by atomic mass is 10.2. The van der Waals surface area contributed by atoms with Crippen LogP contribution in [0.15, 0.2) is 30.3 Å². The van der Waals surface area contributed by atoms with Crippen LogP contribution in [-0.4, -0.2) is 46.5 Å². The molecule has 2 aromatic heterocycles. The molecule has 0 aliphatic rings. The van der Waals surface area contributed by atoms with E-state index in [0.29, 0.717) is 16.4 Å². The highest BCUT2D eigenvalue weighted by atomic mass is 35.5. The summed E-state index contributed by atoms with van der Waals surface area (Å²) >= 11 is 7.20. The van der Waals surface area contributed by atoms with Gasteiger partial charge in [0, 0.05) is 10.4 Å². The number of aliphatic hydroxyl groups is 1. The molecule has 0 spiro atoms. The molecule has 27 heavy (non-hydrogen) atoms. The van der Waals surface area contributed by atoms with Crippen LogP contribution in [-0.2, 0) is 16.1 Å². The fourth-order valence-electron chi connectivity index (χ4n) is 2.65. The highest BCUT2D eigenvalue weighted by molar-refractivity contribution is 7.20. The van der Waals surface area contributed by atoms with Crippen molar-refractivity contribution in [2.75, 3.05) is 13.7 Å². The molecule has 0 saturated carbocycles. The van der Waals surface area contributed by atoms with Crippen LogP contribution >= 0.6 is 22.9 Å². The van der Waals surface area contributed by atoms with E-state index in [9.17, 15) is 14.7 Å². The fourth-order valence-corrected chi connectivity index (χ4v) is 3.84. The molecular weight excluding hydrogens is 390 g/mol. The second-order valence-corrected chi connectivity index (χ2v) is 7.40. The molecular formula is C18H18ClN3O4S. The van der Waals surface area contributed by atoms with Gasteiger partial charge in [-0.05, 0) is 30.7 Å². The van der Waals surface area contributed by atoms with E-state index in [4.69, 9.17) is 11.6 Å². The molecule has 1 amide bonds. The third kappa shape index (κ3) is 4.13. The number of halogens is 1. The van der Waals surface area contributed by atoms with E-state index < -0.39 is 24.5 Å². The monoisotopic (exact) mass is 407 g/mol. The third-order valence-corrected chi connectivity index (χ3v) is 5.45. The highest BCUT2D eigenvalue weighted by Crippen LogP contribution is 2.29. The molecule has 7 nitrogen and oxygen atoms in total. The van der Waals surface area contributed by atoms with E-state index in [1.165, 1.54) is 18.4 Å². The SMILES string of the molecule is COC(=O)[C@@H](CO)NC(=O)c1cc2c(C)nn(Cc3ccc(Cl)cc3)c2s1. The molecule has 0 radical (unpaired) electrons. The van der Waals surface area contributed by atoms with Crippen molar-refractivity contribution >= 4 is 45.0 Å². The maximum absolute atomic E-state index is 12.5. The number of thiophene rings is 1. The van der Waals surface area contributed by atoms with Crippen LogP contribution in [0.1, 0.15) is 20.9 Å². The summed E-state index contributed by atoms with van der Waals surface area (Å²) in [5.41, 5.74) is 1.84. The van der Waals surface area contributed by atoms with E-state index in [1.54, 1.807) is 6.07 Å². The topological polar surface area (TPSA) is 93.4 Å². The maximum Gasteiger partial charge on any atom is 0.330 e. The van der Waals surface area contributed by atoms with Crippen molar-refractivity contribution in [3.8, 4) is 0 Å². The summed E-state index contributed by atoms with van der Waals surface area (Å²) in [7, 11) is 1.20.